The minimum Gasteiger partial charge on any atom is -0.333 e. The molecule has 13 aromatic rings. The summed E-state index contributed by atoms with van der Waals surface area (Å²) in [4.78, 5) is 0. The number of fused-ring (bicyclic) bond motifs is 13. The maximum absolute atomic E-state index is 3.90. The van der Waals surface area contributed by atoms with Crippen LogP contribution in [0.25, 0.3) is 98.6 Å². The summed E-state index contributed by atoms with van der Waals surface area (Å²) in [7, 11) is 0. The van der Waals surface area contributed by atoms with Crippen LogP contribution in [0.3, 0.4) is 0 Å². The van der Waals surface area contributed by atoms with Crippen molar-refractivity contribution in [2.75, 3.05) is 0 Å². The van der Waals surface area contributed by atoms with Gasteiger partial charge in [0, 0.05) is 55.0 Å². The van der Waals surface area contributed by atoms with Crippen LogP contribution < -0.4 is 4.57 Å². The van der Waals surface area contributed by atoms with E-state index in [2.05, 4.69) is 237 Å². The van der Waals surface area contributed by atoms with Crippen molar-refractivity contribution in [2.24, 2.45) is 0 Å². The van der Waals surface area contributed by atoms with Crippen molar-refractivity contribution in [2.45, 2.75) is 79.1 Å². The van der Waals surface area contributed by atoms with Gasteiger partial charge in [-0.3, -0.25) is 9.13 Å². The Morgan fingerprint density at radius 3 is 1.24 bits per heavy atom. The van der Waals surface area contributed by atoms with Crippen LogP contribution in [0.2, 0.25) is 0 Å². The van der Waals surface area contributed by atoms with E-state index < -0.39 is 0 Å². The molecule has 0 atom stereocenters. The summed E-state index contributed by atoms with van der Waals surface area (Å²) in [6.07, 6.45) is 3.84. The number of para-hydroxylation sites is 8. The Kier molecular flexibility index (Phi) is 10.2. The Labute approximate surface area is 401 Å². The average Bonchev–Trinajstić information content (AvgIpc) is 4.12. The van der Waals surface area contributed by atoms with Crippen molar-refractivity contribution in [3.63, 3.8) is 0 Å². The number of benzene rings is 8. The monoisotopic (exact) mass is 1040 g/mol. The molecule has 0 unspecified atom stereocenters. The van der Waals surface area contributed by atoms with E-state index in [4.69, 9.17) is 0 Å². The molecule has 329 valence electrons. The van der Waals surface area contributed by atoms with Gasteiger partial charge in [-0.15, -0.1) is 16.8 Å². The molecule has 0 aliphatic rings. The molecule has 0 saturated heterocycles. The normalized spacial score (nSPS) is 12.4. The minimum atomic E-state index is 0. The van der Waals surface area contributed by atoms with Gasteiger partial charge in [-0.05, 0) is 68.8 Å². The summed E-state index contributed by atoms with van der Waals surface area (Å²) in [6, 6.07) is 59.4. The van der Waals surface area contributed by atoms with Crippen LogP contribution in [-0.4, -0.2) is 13.4 Å². The van der Waals surface area contributed by atoms with E-state index in [1.54, 1.807) is 0 Å². The largest absolute Gasteiger partial charge is 0.333 e. The summed E-state index contributed by atoms with van der Waals surface area (Å²) in [5, 5.41) is 10.4. The van der Waals surface area contributed by atoms with E-state index in [0.29, 0.717) is 23.7 Å². The van der Waals surface area contributed by atoms with E-state index in [9.17, 15) is 0 Å². The Balaban J connectivity index is 0.000000144. The molecule has 13 rings (SSSR count). The third-order valence-corrected chi connectivity index (χ3v) is 14.1. The van der Waals surface area contributed by atoms with Crippen LogP contribution in [-0.2, 0) is 22.4 Å². The van der Waals surface area contributed by atoms with Crippen LogP contribution >= 0.6 is 0 Å². The van der Waals surface area contributed by atoms with E-state index in [0.717, 1.165) is 11.0 Å². The maximum atomic E-state index is 3.90. The molecule has 0 saturated carbocycles. The van der Waals surface area contributed by atoms with Crippen molar-refractivity contribution >= 4 is 87.2 Å². The van der Waals surface area contributed by atoms with Crippen LogP contribution in [0, 0.1) is 12.4 Å². The van der Waals surface area contributed by atoms with Gasteiger partial charge in [0.25, 0.3) is 6.33 Å². The van der Waals surface area contributed by atoms with E-state index >= 15 is 0 Å². The first-order chi connectivity index (χ1) is 31.6. The van der Waals surface area contributed by atoms with Gasteiger partial charge in [0.05, 0.1) is 33.4 Å². The second-order valence-electron chi connectivity index (χ2n) is 19.4. The number of aromatic nitrogens is 4. The molecule has 4 nitrogen and oxygen atoms in total. The fourth-order valence-corrected chi connectivity index (χ4v) is 11.2. The zero-order chi connectivity index (χ0) is 44.4. The number of nitrogens with zero attached hydrogens (tertiary/aromatic N) is 4. The third-order valence-electron chi connectivity index (χ3n) is 14.1. The van der Waals surface area contributed by atoms with Crippen LogP contribution in [0.4, 0.5) is 0 Å². The predicted molar refractivity (Wildman–Crippen MR) is 275 cm³/mol. The molecule has 0 N–H and O–H groups in total. The zero-order valence-corrected chi connectivity index (χ0v) is 41.0. The summed E-state index contributed by atoms with van der Waals surface area (Å²) in [5.41, 5.74) is 17.9. The van der Waals surface area contributed by atoms with E-state index in [1.165, 1.54) is 110 Å². The first-order valence-electron chi connectivity index (χ1n) is 23.5. The second-order valence-corrected chi connectivity index (χ2v) is 19.4. The number of rotatable bonds is 6. The topological polar surface area (TPSA) is 17.6 Å². The van der Waals surface area contributed by atoms with Gasteiger partial charge in [-0.2, -0.15) is 6.07 Å². The van der Waals surface area contributed by atoms with Gasteiger partial charge in [0.1, 0.15) is 0 Å². The Hall–Kier alpha value is -6.43. The number of imidazole rings is 1. The fourth-order valence-electron chi connectivity index (χ4n) is 11.2. The quantitative estimate of drug-likeness (QED) is 0.0897. The molecule has 1 radical (unpaired) electrons. The van der Waals surface area contributed by atoms with Crippen molar-refractivity contribution < 1.29 is 26.9 Å². The molecule has 0 bridgehead atoms. The van der Waals surface area contributed by atoms with E-state index in [-0.39, 0.29) is 22.4 Å². The van der Waals surface area contributed by atoms with Crippen LogP contribution in [0.5, 0.6) is 0 Å². The number of hydrogen-bond donors (Lipinski definition) is 0. The van der Waals surface area contributed by atoms with Crippen LogP contribution in [0.15, 0.2) is 152 Å². The van der Waals surface area contributed by atoms with Crippen molar-refractivity contribution in [3.05, 3.63) is 186 Å². The minimum absolute atomic E-state index is 0. The summed E-state index contributed by atoms with van der Waals surface area (Å²) >= 11 is 0. The van der Waals surface area contributed by atoms with Gasteiger partial charge < -0.3 is 8.80 Å². The van der Waals surface area contributed by atoms with Gasteiger partial charge in [0.2, 0.25) is 0 Å². The first-order valence-corrected chi connectivity index (χ1v) is 23.5. The molecule has 5 heterocycles. The number of hydrogen-bond acceptors (Lipinski definition) is 0. The van der Waals surface area contributed by atoms with Gasteiger partial charge in [-0.25, -0.2) is 0 Å². The average molecular weight is 1040 g/mol. The molecular weight excluding hydrogens is 986 g/mol. The molecular formula is C61H53AuN4-. The molecule has 66 heavy (non-hydrogen) atoms. The third kappa shape index (κ3) is 6.05. The predicted octanol–water partition coefficient (Wildman–Crippen LogP) is 16.0. The standard InChI is InChI=1S/C31H38N2.C30H15N2.Au/c1-20(2)24-13-11-14-25(21(3)4)30(24)32-19-33(29-18-10-9-17-28(29)32)31-26(22(5)6)15-12-16-27(31)23(7)8;1-3-13-25-17(7-1)19-9-5-11-21-23-15-24-22-12-6-10-20-18-8-2-4-14-26(18)32(30(20)22)28(24)16-27(23)31(25)29(19)21;/h9-18,20-23H,1-8H3;1-15H;/q;-1;. The summed E-state index contributed by atoms with van der Waals surface area (Å²) in [5.74, 6) is 1.71. The van der Waals surface area contributed by atoms with Gasteiger partial charge in [0.15, 0.2) is 0 Å². The van der Waals surface area contributed by atoms with Gasteiger partial charge in [-0.1, -0.05) is 200 Å². The second kappa shape index (κ2) is 15.9. The SMILES string of the molecule is CC(C)c1cccc(C(C)C)c1-n1[c-][n+](-c2c(C(C)C)cccc2C(C)C)c2ccccc21.[Au].[c-]1c2c(cc3c4cccc5c6ccccc6n(c13)c45)c1cccc3c4ccccc4n2c13. The smallest absolute Gasteiger partial charge is 0.269 e. The Morgan fingerprint density at radius 2 is 0.773 bits per heavy atom. The maximum Gasteiger partial charge on any atom is 0.269 e. The Morgan fingerprint density at radius 1 is 0.394 bits per heavy atom. The molecule has 0 spiro atoms. The summed E-state index contributed by atoms with van der Waals surface area (Å²) in [6.45, 7) is 18.3. The van der Waals surface area contributed by atoms with Gasteiger partial charge >= 0.3 is 0 Å². The Bertz CT molecular complexity index is 3660. The molecule has 0 amide bonds. The summed E-state index contributed by atoms with van der Waals surface area (Å²) < 4.78 is 9.48. The molecule has 0 fully saturated rings. The van der Waals surface area contributed by atoms with Crippen LogP contribution in [0.1, 0.15) is 101 Å². The molecule has 0 aliphatic carbocycles. The molecule has 8 aromatic carbocycles. The van der Waals surface area contributed by atoms with Crippen molar-refractivity contribution in [1.29, 1.82) is 0 Å². The fraction of sp³-hybridized carbons (Fsp3) is 0.197. The molecule has 0 aliphatic heterocycles. The molecule has 5 heteroatoms. The zero-order valence-electron chi connectivity index (χ0n) is 38.8. The van der Waals surface area contributed by atoms with Crippen molar-refractivity contribution in [1.82, 2.24) is 13.4 Å². The first kappa shape index (κ1) is 42.2. The molecule has 5 aromatic heterocycles. The van der Waals surface area contributed by atoms with Crippen molar-refractivity contribution in [3.8, 4) is 11.4 Å². The van der Waals surface area contributed by atoms with E-state index in [1.807, 2.05) is 0 Å².